The number of hydrogen-bond donors (Lipinski definition) is 1. The zero-order valence-electron chi connectivity index (χ0n) is 15.4. The SMILES string of the molecule is O=C(O)COc1ccc(/C=C2\CCn3c2nc2cc(C(F)(F)F)ccc2c3=O)cc1. The van der Waals surface area contributed by atoms with Crippen molar-refractivity contribution in [3.05, 3.63) is 69.8 Å². The van der Waals surface area contributed by atoms with Gasteiger partial charge in [-0.3, -0.25) is 9.36 Å². The highest BCUT2D eigenvalue weighted by Gasteiger charge is 2.31. The highest BCUT2D eigenvalue weighted by molar-refractivity contribution is 5.85. The summed E-state index contributed by atoms with van der Waals surface area (Å²) >= 11 is 0. The van der Waals surface area contributed by atoms with Crippen LogP contribution in [0.15, 0.2) is 47.3 Å². The van der Waals surface area contributed by atoms with Gasteiger partial charge in [-0.25, -0.2) is 9.78 Å². The number of rotatable bonds is 4. The second-order valence-electron chi connectivity index (χ2n) is 6.79. The number of aliphatic carboxylic acids is 1. The third kappa shape index (κ3) is 3.78. The van der Waals surface area contributed by atoms with Gasteiger partial charge in [0.15, 0.2) is 6.61 Å². The number of carboxylic acid groups (broad SMARTS) is 1. The van der Waals surface area contributed by atoms with Crippen LogP contribution in [-0.2, 0) is 17.5 Å². The lowest BCUT2D eigenvalue weighted by Crippen LogP contribution is -2.21. The average Bonchev–Trinajstić information content (AvgIpc) is 3.09. The quantitative estimate of drug-likeness (QED) is 0.699. The number of aromatic nitrogens is 2. The molecule has 1 N–H and O–H groups in total. The summed E-state index contributed by atoms with van der Waals surface area (Å²) in [6.07, 6.45) is -2.21. The van der Waals surface area contributed by atoms with E-state index in [1.807, 2.05) is 0 Å². The molecule has 30 heavy (non-hydrogen) atoms. The summed E-state index contributed by atoms with van der Waals surface area (Å²) in [5.41, 5.74) is 0.272. The van der Waals surface area contributed by atoms with Gasteiger partial charge in [0.05, 0.1) is 16.5 Å². The molecule has 6 nitrogen and oxygen atoms in total. The fourth-order valence-corrected chi connectivity index (χ4v) is 3.34. The van der Waals surface area contributed by atoms with Crippen molar-refractivity contribution >= 4 is 28.5 Å². The van der Waals surface area contributed by atoms with Gasteiger partial charge in [-0.2, -0.15) is 13.2 Å². The van der Waals surface area contributed by atoms with Crippen LogP contribution in [-0.4, -0.2) is 27.2 Å². The second kappa shape index (κ2) is 7.33. The van der Waals surface area contributed by atoms with E-state index in [1.165, 1.54) is 10.6 Å². The molecule has 154 valence electrons. The molecule has 0 aliphatic carbocycles. The Balaban J connectivity index is 1.70. The Hall–Kier alpha value is -3.62. The number of ether oxygens (including phenoxy) is 1. The van der Waals surface area contributed by atoms with E-state index in [9.17, 15) is 22.8 Å². The number of nitrogens with zero attached hydrogens (tertiary/aromatic N) is 2. The molecule has 2 heterocycles. The molecule has 0 radical (unpaired) electrons. The number of halogens is 3. The predicted octanol–water partition coefficient (Wildman–Crippen LogP) is 3.82. The van der Waals surface area contributed by atoms with Gasteiger partial charge < -0.3 is 9.84 Å². The van der Waals surface area contributed by atoms with Crippen LogP contribution >= 0.6 is 0 Å². The monoisotopic (exact) mass is 416 g/mol. The first-order chi connectivity index (χ1) is 14.2. The molecule has 4 rings (SSSR count). The molecular weight excluding hydrogens is 401 g/mol. The molecule has 0 amide bonds. The van der Waals surface area contributed by atoms with Crippen molar-refractivity contribution in [1.82, 2.24) is 9.55 Å². The van der Waals surface area contributed by atoms with E-state index in [4.69, 9.17) is 9.84 Å². The molecule has 9 heteroatoms. The minimum absolute atomic E-state index is 0.00583. The van der Waals surface area contributed by atoms with Gasteiger partial charge in [0, 0.05) is 6.54 Å². The van der Waals surface area contributed by atoms with Crippen molar-refractivity contribution in [3.63, 3.8) is 0 Å². The molecule has 0 unspecified atom stereocenters. The van der Waals surface area contributed by atoms with Crippen molar-refractivity contribution in [2.75, 3.05) is 6.61 Å². The van der Waals surface area contributed by atoms with Crippen LogP contribution in [0, 0.1) is 0 Å². The Morgan fingerprint density at radius 2 is 1.93 bits per heavy atom. The fourth-order valence-electron chi connectivity index (χ4n) is 3.34. The van der Waals surface area contributed by atoms with E-state index in [0.717, 1.165) is 23.3 Å². The van der Waals surface area contributed by atoms with Gasteiger partial charge in [0.1, 0.15) is 11.6 Å². The highest BCUT2D eigenvalue weighted by atomic mass is 19.4. The Kier molecular flexibility index (Phi) is 4.81. The molecule has 1 aliphatic rings. The van der Waals surface area contributed by atoms with E-state index in [-0.39, 0.29) is 16.5 Å². The standard InChI is InChI=1S/C21H15F3N2O4/c22-21(23,24)14-3-6-16-17(10-14)25-19-13(7-8-26(19)20(16)29)9-12-1-4-15(5-2-12)30-11-18(27)28/h1-6,9-10H,7-8,11H2,(H,27,28)/b13-9+. The van der Waals surface area contributed by atoms with Gasteiger partial charge in [0.25, 0.3) is 5.56 Å². The van der Waals surface area contributed by atoms with Crippen molar-refractivity contribution in [2.24, 2.45) is 0 Å². The first-order valence-corrected chi connectivity index (χ1v) is 9.00. The van der Waals surface area contributed by atoms with Crippen LogP contribution in [0.5, 0.6) is 5.75 Å². The summed E-state index contributed by atoms with van der Waals surface area (Å²) in [6, 6.07) is 9.60. The summed E-state index contributed by atoms with van der Waals surface area (Å²) in [5.74, 6) is -0.342. The molecule has 0 saturated heterocycles. The molecule has 0 bridgehead atoms. The topological polar surface area (TPSA) is 81.4 Å². The van der Waals surface area contributed by atoms with Crippen LogP contribution in [0.2, 0.25) is 0 Å². The lowest BCUT2D eigenvalue weighted by molar-refractivity contribution is -0.139. The third-order valence-electron chi connectivity index (χ3n) is 4.76. The molecule has 0 spiro atoms. The van der Waals surface area contributed by atoms with Gasteiger partial charge >= 0.3 is 12.1 Å². The van der Waals surface area contributed by atoms with E-state index in [2.05, 4.69) is 4.98 Å². The molecule has 1 aliphatic heterocycles. The maximum atomic E-state index is 13.0. The number of carbonyl (C=O) groups is 1. The van der Waals surface area contributed by atoms with Crippen LogP contribution < -0.4 is 10.3 Å². The van der Waals surface area contributed by atoms with Crippen molar-refractivity contribution in [2.45, 2.75) is 19.1 Å². The zero-order chi connectivity index (χ0) is 21.5. The summed E-state index contributed by atoms with van der Waals surface area (Å²) in [5, 5.41) is 8.79. The summed E-state index contributed by atoms with van der Waals surface area (Å²) in [6.45, 7) is -0.0581. The van der Waals surface area contributed by atoms with Gasteiger partial charge in [-0.05, 0) is 54.0 Å². The number of alkyl halides is 3. The van der Waals surface area contributed by atoms with Crippen molar-refractivity contribution in [1.29, 1.82) is 0 Å². The average molecular weight is 416 g/mol. The van der Waals surface area contributed by atoms with Crippen LogP contribution in [0.25, 0.3) is 22.6 Å². The van der Waals surface area contributed by atoms with Crippen molar-refractivity contribution in [3.8, 4) is 5.75 Å². The first-order valence-electron chi connectivity index (χ1n) is 9.00. The number of hydrogen-bond acceptors (Lipinski definition) is 4. The molecule has 3 aromatic rings. The molecular formula is C21H15F3N2O4. The highest BCUT2D eigenvalue weighted by Crippen LogP contribution is 2.32. The maximum Gasteiger partial charge on any atom is 0.416 e. The number of carboxylic acids is 1. The van der Waals surface area contributed by atoms with E-state index in [1.54, 1.807) is 30.3 Å². The fraction of sp³-hybridized carbons (Fsp3) is 0.190. The maximum absolute atomic E-state index is 13.0. The number of allylic oxidation sites excluding steroid dienone is 1. The Morgan fingerprint density at radius 3 is 2.60 bits per heavy atom. The molecule has 0 saturated carbocycles. The van der Waals surface area contributed by atoms with Gasteiger partial charge in [0.2, 0.25) is 0 Å². The lowest BCUT2D eigenvalue weighted by Gasteiger charge is -2.09. The lowest BCUT2D eigenvalue weighted by atomic mass is 10.1. The largest absolute Gasteiger partial charge is 0.482 e. The molecule has 0 atom stereocenters. The van der Waals surface area contributed by atoms with E-state index >= 15 is 0 Å². The van der Waals surface area contributed by atoms with Crippen LogP contribution in [0.1, 0.15) is 23.4 Å². The van der Waals surface area contributed by atoms with Gasteiger partial charge in [-0.15, -0.1) is 0 Å². The van der Waals surface area contributed by atoms with E-state index in [0.29, 0.717) is 24.5 Å². The summed E-state index contributed by atoms with van der Waals surface area (Å²) in [4.78, 5) is 27.6. The normalized spacial score (nSPS) is 14.8. The number of benzene rings is 2. The van der Waals surface area contributed by atoms with Crippen LogP contribution in [0.3, 0.4) is 0 Å². The van der Waals surface area contributed by atoms with Crippen LogP contribution in [0.4, 0.5) is 13.2 Å². The molecule has 2 aromatic carbocycles. The zero-order valence-corrected chi connectivity index (χ0v) is 15.4. The molecule has 1 aromatic heterocycles. The van der Waals surface area contributed by atoms with E-state index < -0.39 is 24.3 Å². The smallest absolute Gasteiger partial charge is 0.416 e. The second-order valence-corrected chi connectivity index (χ2v) is 6.79. The first kappa shape index (κ1) is 19.7. The Morgan fingerprint density at radius 1 is 1.20 bits per heavy atom. The Labute approximate surface area is 167 Å². The van der Waals surface area contributed by atoms with Gasteiger partial charge in [-0.1, -0.05) is 12.1 Å². The minimum atomic E-state index is -4.52. The number of fused-ring (bicyclic) bond motifs is 2. The third-order valence-corrected chi connectivity index (χ3v) is 4.76. The predicted molar refractivity (Wildman–Crippen MR) is 103 cm³/mol. The Bertz CT molecular complexity index is 1230. The van der Waals surface area contributed by atoms with Crippen molar-refractivity contribution < 1.29 is 27.8 Å². The minimum Gasteiger partial charge on any atom is -0.482 e. The molecule has 0 fully saturated rings. The summed E-state index contributed by atoms with van der Waals surface area (Å²) in [7, 11) is 0. The summed E-state index contributed by atoms with van der Waals surface area (Å²) < 4.78 is 45.6.